The van der Waals surface area contributed by atoms with E-state index >= 15 is 0 Å². The number of rotatable bonds is 9. The van der Waals surface area contributed by atoms with Crippen molar-refractivity contribution >= 4 is 0 Å². The minimum atomic E-state index is 0.424. The largest absolute Gasteiger partial charge is 0.295 e. The third-order valence-electron chi connectivity index (χ3n) is 5.01. The summed E-state index contributed by atoms with van der Waals surface area (Å²) < 4.78 is 5.77. The number of aromatic nitrogens is 6. The van der Waals surface area contributed by atoms with Crippen LogP contribution in [0.1, 0.15) is 19.3 Å². The highest BCUT2D eigenvalue weighted by Crippen LogP contribution is 2.20. The minimum Gasteiger partial charge on any atom is -0.295 e. The zero-order valence-corrected chi connectivity index (χ0v) is 15.4. The molecule has 3 heterocycles. The van der Waals surface area contributed by atoms with Gasteiger partial charge in [-0.25, -0.2) is 0 Å². The van der Waals surface area contributed by atoms with E-state index < -0.39 is 0 Å². The lowest BCUT2D eigenvalue weighted by Crippen LogP contribution is -2.51. The Morgan fingerprint density at radius 1 is 0.593 bits per heavy atom. The summed E-state index contributed by atoms with van der Waals surface area (Å²) >= 11 is 0. The zero-order chi connectivity index (χ0) is 18.3. The monoisotopic (exact) mass is 369 g/mol. The Morgan fingerprint density at radius 2 is 0.926 bits per heavy atom. The Balaban J connectivity index is 1.32. The van der Waals surface area contributed by atoms with Gasteiger partial charge in [0.15, 0.2) is 0 Å². The van der Waals surface area contributed by atoms with Gasteiger partial charge in [-0.3, -0.25) is 30.0 Å². The summed E-state index contributed by atoms with van der Waals surface area (Å²) in [6.07, 6.45) is 14.6. The van der Waals surface area contributed by atoms with Crippen LogP contribution in [0, 0.1) is 0 Å². The van der Waals surface area contributed by atoms with Gasteiger partial charge in [0.05, 0.1) is 20.0 Å². The quantitative estimate of drug-likeness (QED) is 0.512. The molecule has 3 aromatic rings. The molecule has 1 aliphatic carbocycles. The standard InChI is InChI=1S/C18H27N9/c1-4-22-25(7-1)13-19-16-10-17(20-14-26-8-2-5-23-26)12-18(11-16)21-15-27-9-3-6-24-27/h1-9,16-21H,10-15H2. The Bertz CT molecular complexity index is 640. The first kappa shape index (κ1) is 17.9. The summed E-state index contributed by atoms with van der Waals surface area (Å²) in [4.78, 5) is 0. The van der Waals surface area contributed by atoms with Crippen LogP contribution in [-0.4, -0.2) is 47.5 Å². The number of hydrogen-bond acceptors (Lipinski definition) is 6. The van der Waals surface area contributed by atoms with Crippen molar-refractivity contribution in [3.63, 3.8) is 0 Å². The van der Waals surface area contributed by atoms with Crippen molar-refractivity contribution in [2.75, 3.05) is 0 Å². The molecule has 0 spiro atoms. The van der Waals surface area contributed by atoms with Crippen LogP contribution in [0.15, 0.2) is 55.4 Å². The lowest BCUT2D eigenvalue weighted by Gasteiger charge is -2.36. The summed E-state index contributed by atoms with van der Waals surface area (Å²) in [7, 11) is 0. The van der Waals surface area contributed by atoms with E-state index in [-0.39, 0.29) is 0 Å². The third kappa shape index (κ3) is 5.25. The molecule has 1 fully saturated rings. The molecule has 1 aliphatic rings. The molecule has 144 valence electrons. The number of nitrogens with zero attached hydrogens (tertiary/aromatic N) is 6. The second-order valence-electron chi connectivity index (χ2n) is 7.02. The molecule has 3 aromatic heterocycles. The molecule has 0 atom stereocenters. The second kappa shape index (κ2) is 8.94. The van der Waals surface area contributed by atoms with E-state index in [2.05, 4.69) is 31.2 Å². The molecule has 0 radical (unpaired) electrons. The first-order valence-electron chi connectivity index (χ1n) is 9.47. The minimum absolute atomic E-state index is 0.424. The average molecular weight is 369 g/mol. The maximum atomic E-state index is 4.28. The molecule has 4 rings (SSSR count). The number of nitrogens with one attached hydrogen (secondary N) is 3. The van der Waals surface area contributed by atoms with Crippen LogP contribution in [0.25, 0.3) is 0 Å². The molecular formula is C18H27N9. The highest BCUT2D eigenvalue weighted by atomic mass is 15.3. The van der Waals surface area contributed by atoms with Gasteiger partial charge >= 0.3 is 0 Å². The fourth-order valence-electron chi connectivity index (χ4n) is 3.67. The van der Waals surface area contributed by atoms with E-state index in [0.717, 1.165) is 39.3 Å². The molecule has 0 aliphatic heterocycles. The van der Waals surface area contributed by atoms with Crippen molar-refractivity contribution in [3.8, 4) is 0 Å². The molecule has 0 aromatic carbocycles. The summed E-state index contributed by atoms with van der Waals surface area (Å²) in [5.74, 6) is 0. The van der Waals surface area contributed by atoms with Crippen molar-refractivity contribution < 1.29 is 0 Å². The van der Waals surface area contributed by atoms with E-state index in [1.807, 2.05) is 69.4 Å². The summed E-state index contributed by atoms with van der Waals surface area (Å²) in [5, 5.41) is 23.8. The van der Waals surface area contributed by atoms with Crippen LogP contribution in [0.3, 0.4) is 0 Å². The van der Waals surface area contributed by atoms with E-state index in [0.29, 0.717) is 18.1 Å². The molecular weight excluding hydrogens is 342 g/mol. The highest BCUT2D eigenvalue weighted by molar-refractivity contribution is 4.90. The molecule has 1 saturated carbocycles. The first-order valence-corrected chi connectivity index (χ1v) is 9.47. The van der Waals surface area contributed by atoms with Crippen molar-refractivity contribution in [2.24, 2.45) is 0 Å². The van der Waals surface area contributed by atoms with Crippen molar-refractivity contribution in [3.05, 3.63) is 55.4 Å². The summed E-state index contributed by atoms with van der Waals surface area (Å²) in [6.45, 7) is 2.19. The topological polar surface area (TPSA) is 89.5 Å². The smallest absolute Gasteiger partial charge is 0.0905 e. The summed E-state index contributed by atoms with van der Waals surface area (Å²) in [5.41, 5.74) is 0. The molecule has 0 amide bonds. The van der Waals surface area contributed by atoms with Crippen molar-refractivity contribution in [2.45, 2.75) is 57.4 Å². The van der Waals surface area contributed by atoms with Crippen LogP contribution < -0.4 is 16.0 Å². The SMILES string of the molecule is c1cnn(CNC2CC(NCn3cccn3)CC(NCn3cccn3)C2)c1. The molecule has 3 N–H and O–H groups in total. The molecule has 27 heavy (non-hydrogen) atoms. The van der Waals surface area contributed by atoms with E-state index in [9.17, 15) is 0 Å². The Labute approximate surface area is 158 Å². The van der Waals surface area contributed by atoms with E-state index in [1.54, 1.807) is 0 Å². The van der Waals surface area contributed by atoms with Crippen LogP contribution in [-0.2, 0) is 20.0 Å². The van der Waals surface area contributed by atoms with Gasteiger partial charge in [0.25, 0.3) is 0 Å². The lowest BCUT2D eigenvalue weighted by atomic mass is 9.87. The second-order valence-corrected chi connectivity index (χ2v) is 7.02. The number of hydrogen-bond donors (Lipinski definition) is 3. The van der Waals surface area contributed by atoms with Crippen molar-refractivity contribution in [1.82, 2.24) is 45.3 Å². The lowest BCUT2D eigenvalue weighted by molar-refractivity contribution is 0.219. The maximum Gasteiger partial charge on any atom is 0.0905 e. The summed E-state index contributed by atoms with van der Waals surface area (Å²) in [6, 6.07) is 7.12. The van der Waals surface area contributed by atoms with Gasteiger partial charge in [0.2, 0.25) is 0 Å². The maximum absolute atomic E-state index is 4.28. The van der Waals surface area contributed by atoms with Gasteiger partial charge in [0.1, 0.15) is 0 Å². The molecule has 0 saturated heterocycles. The normalized spacial score (nSPS) is 22.9. The Morgan fingerprint density at radius 3 is 1.19 bits per heavy atom. The molecule has 0 unspecified atom stereocenters. The predicted molar refractivity (Wildman–Crippen MR) is 101 cm³/mol. The van der Waals surface area contributed by atoms with Crippen LogP contribution in [0.2, 0.25) is 0 Å². The van der Waals surface area contributed by atoms with Gasteiger partial charge in [0, 0.05) is 55.3 Å². The van der Waals surface area contributed by atoms with Crippen LogP contribution >= 0.6 is 0 Å². The molecule has 0 bridgehead atoms. The predicted octanol–water partition coefficient (Wildman–Crippen LogP) is 0.608. The van der Waals surface area contributed by atoms with Crippen LogP contribution in [0.4, 0.5) is 0 Å². The Hall–Kier alpha value is -2.49. The van der Waals surface area contributed by atoms with Crippen LogP contribution in [0.5, 0.6) is 0 Å². The zero-order valence-electron chi connectivity index (χ0n) is 15.4. The van der Waals surface area contributed by atoms with Gasteiger partial charge < -0.3 is 0 Å². The highest BCUT2D eigenvalue weighted by Gasteiger charge is 2.28. The van der Waals surface area contributed by atoms with Gasteiger partial charge in [-0.2, -0.15) is 15.3 Å². The fraction of sp³-hybridized carbons (Fsp3) is 0.500. The van der Waals surface area contributed by atoms with Gasteiger partial charge in [-0.1, -0.05) is 0 Å². The molecule has 9 heteroatoms. The first-order chi connectivity index (χ1) is 13.3. The van der Waals surface area contributed by atoms with Gasteiger partial charge in [-0.05, 0) is 37.5 Å². The van der Waals surface area contributed by atoms with Gasteiger partial charge in [-0.15, -0.1) is 0 Å². The van der Waals surface area contributed by atoms with Crippen molar-refractivity contribution in [1.29, 1.82) is 0 Å². The Kier molecular flexibility index (Phi) is 5.92. The fourth-order valence-corrected chi connectivity index (χ4v) is 3.67. The third-order valence-corrected chi connectivity index (χ3v) is 5.01. The molecule has 9 nitrogen and oxygen atoms in total. The van der Waals surface area contributed by atoms with E-state index in [1.165, 1.54) is 0 Å². The average Bonchev–Trinajstić information content (AvgIpc) is 3.46. The van der Waals surface area contributed by atoms with E-state index in [4.69, 9.17) is 0 Å².